The fraction of sp³-hybridized carbons (Fsp3) is 0.400. The molecule has 0 amide bonds. The molecule has 0 saturated heterocycles. The second kappa shape index (κ2) is 6.61. The van der Waals surface area contributed by atoms with Crippen LogP contribution in [-0.4, -0.2) is 16.3 Å². The van der Waals surface area contributed by atoms with E-state index < -0.39 is 11.6 Å². The van der Waals surface area contributed by atoms with E-state index in [2.05, 4.69) is 10.4 Å². The van der Waals surface area contributed by atoms with Gasteiger partial charge in [0.25, 0.3) is 0 Å². The molecular weight excluding hydrogens is 260 g/mol. The molecule has 1 aromatic carbocycles. The van der Waals surface area contributed by atoms with Gasteiger partial charge >= 0.3 is 0 Å². The smallest absolute Gasteiger partial charge is 0.129 e. The van der Waals surface area contributed by atoms with Crippen LogP contribution >= 0.6 is 0 Å². The number of aryl methyl sites for hydroxylation is 1. The Balaban J connectivity index is 2.25. The zero-order chi connectivity index (χ0) is 14.5. The summed E-state index contributed by atoms with van der Waals surface area (Å²) >= 11 is 0. The van der Waals surface area contributed by atoms with Crippen LogP contribution in [0.1, 0.15) is 31.1 Å². The molecule has 1 unspecified atom stereocenters. The molecule has 0 aliphatic heterocycles. The molecule has 1 atom stereocenters. The molecule has 1 heterocycles. The molecule has 0 aliphatic carbocycles. The van der Waals surface area contributed by atoms with E-state index in [4.69, 9.17) is 0 Å². The van der Waals surface area contributed by atoms with Gasteiger partial charge in [0, 0.05) is 18.8 Å². The third kappa shape index (κ3) is 3.22. The Kier molecular flexibility index (Phi) is 4.84. The molecule has 2 aromatic rings. The first kappa shape index (κ1) is 14.7. The lowest BCUT2D eigenvalue weighted by atomic mass is 10.0. The van der Waals surface area contributed by atoms with Crippen LogP contribution < -0.4 is 5.32 Å². The first-order valence-electron chi connectivity index (χ1n) is 6.84. The van der Waals surface area contributed by atoms with Gasteiger partial charge in [-0.3, -0.25) is 4.68 Å². The molecule has 0 aliphatic rings. The number of likely N-dealkylation sites (N-methyl/N-ethyl adjacent to an activating group) is 1. The highest BCUT2D eigenvalue weighted by molar-refractivity contribution is 5.22. The van der Waals surface area contributed by atoms with Gasteiger partial charge in [0.2, 0.25) is 0 Å². The van der Waals surface area contributed by atoms with E-state index in [0.29, 0.717) is 12.0 Å². The monoisotopic (exact) mass is 279 g/mol. The quantitative estimate of drug-likeness (QED) is 0.880. The van der Waals surface area contributed by atoms with Gasteiger partial charge in [-0.05, 0) is 37.6 Å². The Hall–Kier alpha value is -1.75. The Labute approximate surface area is 117 Å². The van der Waals surface area contributed by atoms with Crippen molar-refractivity contribution in [3.8, 4) is 0 Å². The van der Waals surface area contributed by atoms with E-state index in [1.54, 1.807) is 6.20 Å². The highest BCUT2D eigenvalue weighted by Gasteiger charge is 2.17. The van der Waals surface area contributed by atoms with Crippen molar-refractivity contribution in [3.05, 3.63) is 53.4 Å². The molecule has 20 heavy (non-hydrogen) atoms. The van der Waals surface area contributed by atoms with Crippen molar-refractivity contribution in [2.45, 2.75) is 32.9 Å². The Morgan fingerprint density at radius 1 is 1.25 bits per heavy atom. The lowest BCUT2D eigenvalue weighted by Gasteiger charge is -2.19. The van der Waals surface area contributed by atoms with Gasteiger partial charge in [-0.2, -0.15) is 5.10 Å². The Morgan fingerprint density at radius 3 is 2.70 bits per heavy atom. The lowest BCUT2D eigenvalue weighted by molar-refractivity contribution is 0.478. The number of halogens is 2. The van der Waals surface area contributed by atoms with Gasteiger partial charge in [-0.15, -0.1) is 0 Å². The van der Waals surface area contributed by atoms with E-state index in [1.165, 1.54) is 12.1 Å². The zero-order valence-corrected chi connectivity index (χ0v) is 11.7. The van der Waals surface area contributed by atoms with E-state index in [-0.39, 0.29) is 6.04 Å². The maximum absolute atomic E-state index is 13.8. The molecule has 1 N–H and O–H groups in total. The van der Waals surface area contributed by atoms with E-state index in [9.17, 15) is 8.78 Å². The van der Waals surface area contributed by atoms with E-state index in [0.717, 1.165) is 24.8 Å². The number of nitrogens with zero attached hydrogens (tertiary/aromatic N) is 2. The summed E-state index contributed by atoms with van der Waals surface area (Å²) in [6.45, 7) is 5.54. The molecule has 0 fully saturated rings. The summed E-state index contributed by atoms with van der Waals surface area (Å²) in [5, 5.41) is 7.57. The maximum atomic E-state index is 13.8. The predicted molar refractivity (Wildman–Crippen MR) is 74.4 cm³/mol. The van der Waals surface area contributed by atoms with Crippen molar-refractivity contribution in [1.29, 1.82) is 0 Å². The van der Waals surface area contributed by atoms with Gasteiger partial charge < -0.3 is 5.32 Å². The number of aromatic nitrogens is 2. The second-order valence-corrected chi connectivity index (χ2v) is 4.62. The van der Waals surface area contributed by atoms with Crippen molar-refractivity contribution < 1.29 is 8.78 Å². The third-order valence-electron chi connectivity index (χ3n) is 3.30. The number of benzene rings is 1. The molecule has 2 rings (SSSR count). The summed E-state index contributed by atoms with van der Waals surface area (Å²) in [5.41, 5.74) is 1.51. The minimum atomic E-state index is -0.551. The fourth-order valence-electron chi connectivity index (χ4n) is 2.34. The minimum Gasteiger partial charge on any atom is -0.309 e. The van der Waals surface area contributed by atoms with Gasteiger partial charge in [-0.1, -0.05) is 13.0 Å². The van der Waals surface area contributed by atoms with Crippen LogP contribution in [0.2, 0.25) is 0 Å². The molecular formula is C15H19F2N3. The van der Waals surface area contributed by atoms with Crippen LogP contribution in [0, 0.1) is 11.6 Å². The van der Waals surface area contributed by atoms with E-state index in [1.807, 2.05) is 24.6 Å². The molecule has 0 spiro atoms. The third-order valence-corrected chi connectivity index (χ3v) is 3.30. The predicted octanol–water partition coefficient (Wildman–Crippen LogP) is 3.07. The summed E-state index contributed by atoms with van der Waals surface area (Å²) in [6.07, 6.45) is 2.20. The fourth-order valence-corrected chi connectivity index (χ4v) is 2.34. The van der Waals surface area contributed by atoms with Crippen LogP contribution in [0.4, 0.5) is 8.78 Å². The average Bonchev–Trinajstić information content (AvgIpc) is 2.89. The molecule has 0 saturated carbocycles. The first-order chi connectivity index (χ1) is 9.65. The van der Waals surface area contributed by atoms with Crippen molar-refractivity contribution in [2.75, 3.05) is 6.54 Å². The van der Waals surface area contributed by atoms with E-state index >= 15 is 0 Å². The van der Waals surface area contributed by atoms with Crippen LogP contribution in [-0.2, 0) is 13.0 Å². The van der Waals surface area contributed by atoms with Crippen LogP contribution in [0.25, 0.3) is 0 Å². The molecule has 5 heteroatoms. The lowest BCUT2D eigenvalue weighted by Crippen LogP contribution is -2.26. The highest BCUT2D eigenvalue weighted by Crippen LogP contribution is 2.20. The van der Waals surface area contributed by atoms with Gasteiger partial charge in [0.05, 0.1) is 11.7 Å². The van der Waals surface area contributed by atoms with Crippen molar-refractivity contribution in [3.63, 3.8) is 0 Å². The summed E-state index contributed by atoms with van der Waals surface area (Å²) in [6, 6.07) is 5.61. The van der Waals surface area contributed by atoms with Crippen LogP contribution in [0.5, 0.6) is 0 Å². The molecule has 0 radical (unpaired) electrons. The SMILES string of the molecule is CCNC(Cc1ccc(F)cc1F)c1ccnn1CC. The Morgan fingerprint density at radius 2 is 2.05 bits per heavy atom. The number of hydrogen-bond acceptors (Lipinski definition) is 2. The number of hydrogen-bond donors (Lipinski definition) is 1. The molecule has 1 aromatic heterocycles. The summed E-state index contributed by atoms with van der Waals surface area (Å²) in [7, 11) is 0. The summed E-state index contributed by atoms with van der Waals surface area (Å²) in [4.78, 5) is 0. The standard InChI is InChI=1S/C15H19F2N3/c1-3-18-14(15-7-8-19-20(15)4-2)9-11-5-6-12(16)10-13(11)17/h5-8,10,14,18H,3-4,9H2,1-2H3. The highest BCUT2D eigenvalue weighted by atomic mass is 19.1. The summed E-state index contributed by atoms with van der Waals surface area (Å²) in [5.74, 6) is -1.06. The van der Waals surface area contributed by atoms with Crippen LogP contribution in [0.15, 0.2) is 30.5 Å². The molecule has 3 nitrogen and oxygen atoms in total. The number of rotatable bonds is 6. The number of nitrogens with one attached hydrogen (secondary N) is 1. The zero-order valence-electron chi connectivity index (χ0n) is 11.7. The van der Waals surface area contributed by atoms with Crippen LogP contribution in [0.3, 0.4) is 0 Å². The largest absolute Gasteiger partial charge is 0.309 e. The van der Waals surface area contributed by atoms with Gasteiger partial charge in [-0.25, -0.2) is 8.78 Å². The minimum absolute atomic E-state index is 0.0394. The van der Waals surface area contributed by atoms with Gasteiger partial charge in [0.15, 0.2) is 0 Å². The maximum Gasteiger partial charge on any atom is 0.129 e. The van der Waals surface area contributed by atoms with Crippen molar-refractivity contribution in [2.24, 2.45) is 0 Å². The molecule has 108 valence electrons. The average molecular weight is 279 g/mol. The van der Waals surface area contributed by atoms with Crippen molar-refractivity contribution >= 4 is 0 Å². The van der Waals surface area contributed by atoms with Gasteiger partial charge in [0.1, 0.15) is 11.6 Å². The topological polar surface area (TPSA) is 29.9 Å². The van der Waals surface area contributed by atoms with Crippen molar-refractivity contribution in [1.82, 2.24) is 15.1 Å². The first-order valence-corrected chi connectivity index (χ1v) is 6.84. The molecule has 0 bridgehead atoms. The normalized spacial score (nSPS) is 12.6. The second-order valence-electron chi connectivity index (χ2n) is 4.62. The summed E-state index contributed by atoms with van der Waals surface area (Å²) < 4.78 is 28.6. The Bertz CT molecular complexity index is 566.